The quantitative estimate of drug-likeness (QED) is 0.742. The summed E-state index contributed by atoms with van der Waals surface area (Å²) in [4.78, 5) is 16.9. The van der Waals surface area contributed by atoms with Crippen LogP contribution in [-0.4, -0.2) is 61.3 Å². The average Bonchev–Trinajstić information content (AvgIpc) is 3.02. The highest BCUT2D eigenvalue weighted by Crippen LogP contribution is 2.25. The van der Waals surface area contributed by atoms with Crippen molar-refractivity contribution in [3.05, 3.63) is 35.6 Å². The summed E-state index contributed by atoms with van der Waals surface area (Å²) in [5, 5.41) is 0. The normalized spacial score (nSPS) is 22.9. The predicted molar refractivity (Wildman–Crippen MR) is 104 cm³/mol. The van der Waals surface area contributed by atoms with Crippen molar-refractivity contribution in [2.45, 2.75) is 57.2 Å². The van der Waals surface area contributed by atoms with Gasteiger partial charge >= 0.3 is 0 Å². The van der Waals surface area contributed by atoms with E-state index in [0.29, 0.717) is 13.0 Å². The Morgan fingerprint density at radius 1 is 1.07 bits per heavy atom. The molecule has 1 amide bonds. The molecule has 3 rings (SSSR count). The monoisotopic (exact) mass is 396 g/mol. The van der Waals surface area contributed by atoms with Crippen molar-refractivity contribution in [3.63, 3.8) is 0 Å². The largest absolute Gasteiger partial charge is 0.334 e. The number of rotatable bonds is 6. The third kappa shape index (κ3) is 5.51. The van der Waals surface area contributed by atoms with E-state index in [0.717, 1.165) is 31.2 Å². The number of sulfone groups is 1. The SMILES string of the molecule is CN(CC(=O)N(Cc1ccc(F)cc1)C1CCCCC1)C1CCS(=O)(=O)C1. The third-order valence-electron chi connectivity index (χ3n) is 5.82. The summed E-state index contributed by atoms with van der Waals surface area (Å²) >= 11 is 0. The van der Waals surface area contributed by atoms with Crippen molar-refractivity contribution in [2.24, 2.45) is 0 Å². The number of hydrogen-bond acceptors (Lipinski definition) is 4. The first-order chi connectivity index (χ1) is 12.8. The van der Waals surface area contributed by atoms with Crippen molar-refractivity contribution in [3.8, 4) is 0 Å². The standard InChI is InChI=1S/C20H29FN2O3S/c1-22(19-11-12-27(25,26)15-19)14-20(24)23(18-5-3-2-4-6-18)13-16-7-9-17(21)10-8-16/h7-10,18-19H,2-6,11-15H2,1H3. The highest BCUT2D eigenvalue weighted by molar-refractivity contribution is 7.91. The lowest BCUT2D eigenvalue weighted by Gasteiger charge is -2.36. The van der Waals surface area contributed by atoms with Crippen LogP contribution >= 0.6 is 0 Å². The smallest absolute Gasteiger partial charge is 0.237 e. The fourth-order valence-electron chi connectivity index (χ4n) is 4.16. The molecule has 1 atom stereocenters. The van der Waals surface area contributed by atoms with E-state index in [-0.39, 0.29) is 41.9 Å². The molecule has 1 aromatic rings. The lowest BCUT2D eigenvalue weighted by Crippen LogP contribution is -2.47. The zero-order valence-electron chi connectivity index (χ0n) is 15.9. The summed E-state index contributed by atoms with van der Waals surface area (Å²) in [6.45, 7) is 0.693. The van der Waals surface area contributed by atoms with Gasteiger partial charge in [-0.3, -0.25) is 9.69 Å². The molecule has 1 aliphatic heterocycles. The van der Waals surface area contributed by atoms with Gasteiger partial charge in [-0.2, -0.15) is 0 Å². The molecule has 0 N–H and O–H groups in total. The molecule has 5 nitrogen and oxygen atoms in total. The van der Waals surface area contributed by atoms with Gasteiger partial charge in [0.1, 0.15) is 5.82 Å². The number of carbonyl (C=O) groups excluding carboxylic acids is 1. The number of benzene rings is 1. The first kappa shape index (κ1) is 20.3. The second-order valence-electron chi connectivity index (χ2n) is 7.91. The van der Waals surface area contributed by atoms with E-state index in [9.17, 15) is 17.6 Å². The van der Waals surface area contributed by atoms with Gasteiger partial charge in [-0.25, -0.2) is 12.8 Å². The molecule has 2 fully saturated rings. The number of carbonyl (C=O) groups is 1. The summed E-state index contributed by atoms with van der Waals surface area (Å²) in [6, 6.07) is 6.43. The van der Waals surface area contributed by atoms with Gasteiger partial charge in [-0.05, 0) is 44.0 Å². The minimum absolute atomic E-state index is 0.0259. The number of likely N-dealkylation sites (N-methyl/N-ethyl adjacent to an activating group) is 1. The molecule has 150 valence electrons. The molecule has 0 aromatic heterocycles. The predicted octanol–water partition coefficient (Wildman–Crippen LogP) is 2.61. The molecule has 0 spiro atoms. The fourth-order valence-corrected chi connectivity index (χ4v) is 5.96. The zero-order chi connectivity index (χ0) is 19.4. The second-order valence-corrected chi connectivity index (χ2v) is 10.1. The Balaban J connectivity index is 1.68. The first-order valence-electron chi connectivity index (χ1n) is 9.78. The Kier molecular flexibility index (Phi) is 6.52. The summed E-state index contributed by atoms with van der Waals surface area (Å²) in [5.41, 5.74) is 0.918. The van der Waals surface area contributed by atoms with Crippen LogP contribution in [0.4, 0.5) is 4.39 Å². The summed E-state index contributed by atoms with van der Waals surface area (Å²) in [6.07, 6.45) is 6.02. The van der Waals surface area contributed by atoms with Crippen LogP contribution in [0.2, 0.25) is 0 Å². The van der Waals surface area contributed by atoms with Gasteiger partial charge in [-0.15, -0.1) is 0 Å². The molecular weight excluding hydrogens is 367 g/mol. The maximum atomic E-state index is 13.2. The fraction of sp³-hybridized carbons (Fsp3) is 0.650. The van der Waals surface area contributed by atoms with Gasteiger partial charge in [0, 0.05) is 18.6 Å². The molecule has 1 aliphatic carbocycles. The van der Waals surface area contributed by atoms with Crippen LogP contribution in [0.25, 0.3) is 0 Å². The highest BCUT2D eigenvalue weighted by atomic mass is 32.2. The molecule has 1 aromatic carbocycles. The number of amides is 1. The van der Waals surface area contributed by atoms with Gasteiger partial charge in [0.25, 0.3) is 0 Å². The van der Waals surface area contributed by atoms with Crippen molar-refractivity contribution >= 4 is 15.7 Å². The molecule has 2 aliphatic rings. The molecule has 1 saturated heterocycles. The van der Waals surface area contributed by atoms with Crippen molar-refractivity contribution in [2.75, 3.05) is 25.1 Å². The minimum Gasteiger partial charge on any atom is -0.334 e. The second kappa shape index (κ2) is 8.69. The summed E-state index contributed by atoms with van der Waals surface area (Å²) in [5.74, 6) is 0.0884. The first-order valence-corrected chi connectivity index (χ1v) is 11.6. The van der Waals surface area contributed by atoms with E-state index < -0.39 is 9.84 Å². The van der Waals surface area contributed by atoms with E-state index >= 15 is 0 Å². The van der Waals surface area contributed by atoms with E-state index in [1.807, 2.05) is 16.8 Å². The number of nitrogens with zero attached hydrogens (tertiary/aromatic N) is 2. The van der Waals surface area contributed by atoms with Crippen LogP contribution in [0.5, 0.6) is 0 Å². The highest BCUT2D eigenvalue weighted by Gasteiger charge is 2.33. The van der Waals surface area contributed by atoms with Gasteiger partial charge in [-0.1, -0.05) is 31.4 Å². The molecule has 0 bridgehead atoms. The van der Waals surface area contributed by atoms with Crippen LogP contribution in [0, 0.1) is 5.82 Å². The van der Waals surface area contributed by atoms with Crippen LogP contribution in [0.3, 0.4) is 0 Å². The molecule has 1 heterocycles. The Labute approximate surface area is 161 Å². The number of hydrogen-bond donors (Lipinski definition) is 0. The van der Waals surface area contributed by atoms with Crippen LogP contribution in [0.1, 0.15) is 44.1 Å². The third-order valence-corrected chi connectivity index (χ3v) is 7.57. The van der Waals surface area contributed by atoms with Crippen molar-refractivity contribution in [1.82, 2.24) is 9.80 Å². The molecule has 1 saturated carbocycles. The Morgan fingerprint density at radius 2 is 1.74 bits per heavy atom. The van der Waals surface area contributed by atoms with Crippen molar-refractivity contribution < 1.29 is 17.6 Å². The van der Waals surface area contributed by atoms with Crippen molar-refractivity contribution in [1.29, 1.82) is 0 Å². The minimum atomic E-state index is -2.97. The Morgan fingerprint density at radius 3 is 2.33 bits per heavy atom. The number of halogens is 1. The van der Waals surface area contributed by atoms with E-state index in [1.54, 1.807) is 12.1 Å². The van der Waals surface area contributed by atoms with Gasteiger partial charge in [0.05, 0.1) is 18.1 Å². The van der Waals surface area contributed by atoms with Gasteiger partial charge < -0.3 is 4.90 Å². The van der Waals surface area contributed by atoms with Crippen LogP contribution < -0.4 is 0 Å². The Hall–Kier alpha value is -1.47. The maximum absolute atomic E-state index is 13.2. The maximum Gasteiger partial charge on any atom is 0.237 e. The van der Waals surface area contributed by atoms with Gasteiger partial charge in [0.15, 0.2) is 9.84 Å². The average molecular weight is 397 g/mol. The molecule has 0 radical (unpaired) electrons. The topological polar surface area (TPSA) is 57.7 Å². The zero-order valence-corrected chi connectivity index (χ0v) is 16.8. The molecule has 27 heavy (non-hydrogen) atoms. The van der Waals surface area contributed by atoms with Crippen LogP contribution in [-0.2, 0) is 21.2 Å². The van der Waals surface area contributed by atoms with E-state index in [4.69, 9.17) is 0 Å². The van der Waals surface area contributed by atoms with Gasteiger partial charge in [0.2, 0.25) is 5.91 Å². The van der Waals surface area contributed by atoms with E-state index in [2.05, 4.69) is 0 Å². The lowest BCUT2D eigenvalue weighted by atomic mass is 9.93. The van der Waals surface area contributed by atoms with E-state index in [1.165, 1.54) is 18.6 Å². The van der Waals surface area contributed by atoms with Crippen LogP contribution in [0.15, 0.2) is 24.3 Å². The lowest BCUT2D eigenvalue weighted by molar-refractivity contribution is -0.136. The summed E-state index contributed by atoms with van der Waals surface area (Å²) in [7, 11) is -1.14. The molecule has 1 unspecified atom stereocenters. The molecule has 7 heteroatoms. The Bertz CT molecular complexity index is 745. The molecular formula is C20H29FN2O3S. The summed E-state index contributed by atoms with van der Waals surface area (Å²) < 4.78 is 36.7.